The number of benzene rings is 1. The highest BCUT2D eigenvalue weighted by Crippen LogP contribution is 2.12. The van der Waals surface area contributed by atoms with Crippen molar-refractivity contribution in [2.24, 2.45) is 0 Å². The van der Waals surface area contributed by atoms with Crippen molar-refractivity contribution in [3.8, 4) is 5.75 Å². The van der Waals surface area contributed by atoms with Crippen LogP contribution in [0.5, 0.6) is 5.75 Å². The summed E-state index contributed by atoms with van der Waals surface area (Å²) in [5, 5.41) is 38.8. The molecule has 0 aliphatic carbocycles. The molecule has 6 nitrogen and oxygen atoms in total. The van der Waals surface area contributed by atoms with Gasteiger partial charge in [-0.15, -0.1) is 0 Å². The van der Waals surface area contributed by atoms with Crippen LogP contribution in [0.4, 0.5) is 0 Å². The van der Waals surface area contributed by atoms with Crippen LogP contribution in [0.2, 0.25) is 0 Å². The molecule has 1 rings (SSSR count). The van der Waals surface area contributed by atoms with Gasteiger partial charge in [0.25, 0.3) is 0 Å². The highest BCUT2D eigenvalue weighted by atomic mass is 16.3. The minimum absolute atomic E-state index is 0.0177. The summed E-state index contributed by atoms with van der Waals surface area (Å²) in [6, 6.07) is 6.20. The third kappa shape index (κ3) is 3.69. The third-order valence-corrected chi connectivity index (χ3v) is 2.59. The monoisotopic (exact) mass is 255 g/mol. The summed E-state index contributed by atoms with van der Waals surface area (Å²) < 4.78 is 0. The fraction of sp³-hybridized carbons (Fsp3) is 0.417. The molecule has 1 aromatic rings. The van der Waals surface area contributed by atoms with Gasteiger partial charge in [0.2, 0.25) is 5.91 Å². The predicted molar refractivity (Wildman–Crippen MR) is 63.9 cm³/mol. The molecular weight excluding hydrogens is 238 g/mol. The Hall–Kier alpha value is -1.63. The van der Waals surface area contributed by atoms with Crippen molar-refractivity contribution >= 4 is 5.91 Å². The molecule has 6 heteroatoms. The quantitative estimate of drug-likeness (QED) is 0.437. The molecule has 0 fully saturated rings. The Morgan fingerprint density at radius 3 is 2.28 bits per heavy atom. The molecule has 0 radical (unpaired) electrons. The van der Waals surface area contributed by atoms with Crippen LogP contribution in [0.15, 0.2) is 24.3 Å². The zero-order chi connectivity index (χ0) is 13.6. The second-order valence-corrected chi connectivity index (χ2v) is 4.15. The molecule has 0 atom stereocenters. The van der Waals surface area contributed by atoms with Gasteiger partial charge in [-0.05, 0) is 17.7 Å². The molecule has 1 amide bonds. The summed E-state index contributed by atoms with van der Waals surface area (Å²) >= 11 is 0. The molecule has 100 valence electrons. The van der Waals surface area contributed by atoms with Gasteiger partial charge in [0, 0.05) is 0 Å². The first-order valence-electron chi connectivity index (χ1n) is 5.47. The van der Waals surface area contributed by atoms with Crippen molar-refractivity contribution in [2.45, 2.75) is 12.0 Å². The maximum atomic E-state index is 11.7. The van der Waals surface area contributed by atoms with E-state index < -0.39 is 31.3 Å². The predicted octanol–water partition coefficient (Wildman–Crippen LogP) is -1.23. The average molecular weight is 255 g/mol. The van der Waals surface area contributed by atoms with Crippen LogP contribution < -0.4 is 5.32 Å². The Bertz CT molecular complexity index is 395. The van der Waals surface area contributed by atoms with E-state index in [1.165, 1.54) is 12.1 Å². The van der Waals surface area contributed by atoms with Crippen molar-refractivity contribution in [2.75, 3.05) is 19.8 Å². The number of nitrogens with one attached hydrogen (secondary N) is 1. The summed E-state index contributed by atoms with van der Waals surface area (Å²) in [6.45, 7) is -1.69. The minimum Gasteiger partial charge on any atom is -0.508 e. The molecule has 1 aromatic carbocycles. The number of carbonyl (C=O) groups excluding carboxylic acids is 1. The summed E-state index contributed by atoms with van der Waals surface area (Å²) in [5.74, 6) is -0.407. The lowest BCUT2D eigenvalue weighted by molar-refractivity contribution is -0.124. The van der Waals surface area contributed by atoms with E-state index >= 15 is 0 Å². The SMILES string of the molecule is O=C(Cc1cccc(O)c1)NC(CO)(CO)CO. The molecule has 5 N–H and O–H groups in total. The average Bonchev–Trinajstić information content (AvgIpc) is 2.36. The summed E-state index contributed by atoms with van der Waals surface area (Å²) in [5.41, 5.74) is -0.830. The Balaban J connectivity index is 2.66. The number of phenolic OH excluding ortho intramolecular Hbond substituents is 1. The Morgan fingerprint density at radius 2 is 1.78 bits per heavy atom. The first kappa shape index (κ1) is 14.4. The zero-order valence-electron chi connectivity index (χ0n) is 9.83. The second-order valence-electron chi connectivity index (χ2n) is 4.15. The lowest BCUT2D eigenvalue weighted by atomic mass is 10.0. The van der Waals surface area contributed by atoms with E-state index in [1.807, 2.05) is 0 Å². The van der Waals surface area contributed by atoms with Crippen LogP contribution in [-0.2, 0) is 11.2 Å². The Labute approximate surface area is 105 Å². The smallest absolute Gasteiger partial charge is 0.225 e. The standard InChI is InChI=1S/C12H17NO5/c14-6-12(7-15,8-16)13-11(18)5-9-2-1-3-10(17)4-9/h1-4,14-17H,5-8H2,(H,13,18). The maximum Gasteiger partial charge on any atom is 0.225 e. The van der Waals surface area contributed by atoms with Gasteiger partial charge in [0.05, 0.1) is 26.2 Å². The van der Waals surface area contributed by atoms with Crippen LogP contribution in [0.3, 0.4) is 0 Å². The highest BCUT2D eigenvalue weighted by Gasteiger charge is 2.29. The van der Waals surface area contributed by atoms with Gasteiger partial charge in [0.15, 0.2) is 0 Å². The molecule has 0 bridgehead atoms. The van der Waals surface area contributed by atoms with Crippen molar-refractivity contribution in [1.82, 2.24) is 5.32 Å². The summed E-state index contributed by atoms with van der Waals surface area (Å²) in [6.07, 6.45) is -0.0177. The molecule has 0 aliphatic heterocycles. The van der Waals surface area contributed by atoms with Gasteiger partial charge < -0.3 is 25.7 Å². The van der Waals surface area contributed by atoms with E-state index in [9.17, 15) is 9.90 Å². The van der Waals surface area contributed by atoms with E-state index in [2.05, 4.69) is 5.32 Å². The van der Waals surface area contributed by atoms with E-state index in [1.54, 1.807) is 12.1 Å². The number of hydrogen-bond acceptors (Lipinski definition) is 5. The Kier molecular flexibility index (Phi) is 5.08. The van der Waals surface area contributed by atoms with Crippen LogP contribution >= 0.6 is 0 Å². The molecule has 0 saturated carbocycles. The fourth-order valence-electron chi connectivity index (χ4n) is 1.46. The number of aliphatic hydroxyl groups is 3. The molecule has 18 heavy (non-hydrogen) atoms. The minimum atomic E-state index is -1.42. The van der Waals surface area contributed by atoms with Crippen LogP contribution in [0.1, 0.15) is 5.56 Å². The summed E-state index contributed by atoms with van der Waals surface area (Å²) in [7, 11) is 0. The highest BCUT2D eigenvalue weighted by molar-refractivity contribution is 5.79. The molecule has 0 unspecified atom stereocenters. The fourth-order valence-corrected chi connectivity index (χ4v) is 1.46. The van der Waals surface area contributed by atoms with E-state index in [0.717, 1.165) is 0 Å². The molecule has 0 saturated heterocycles. The van der Waals surface area contributed by atoms with Gasteiger partial charge in [-0.25, -0.2) is 0 Å². The van der Waals surface area contributed by atoms with Gasteiger partial charge in [-0.1, -0.05) is 12.1 Å². The van der Waals surface area contributed by atoms with E-state index in [0.29, 0.717) is 5.56 Å². The van der Waals surface area contributed by atoms with E-state index in [-0.39, 0.29) is 12.2 Å². The lowest BCUT2D eigenvalue weighted by Gasteiger charge is -2.28. The number of rotatable bonds is 6. The topological polar surface area (TPSA) is 110 Å². The zero-order valence-corrected chi connectivity index (χ0v) is 9.83. The Morgan fingerprint density at radius 1 is 1.17 bits per heavy atom. The number of hydrogen-bond donors (Lipinski definition) is 5. The number of phenols is 1. The number of aliphatic hydroxyl groups excluding tert-OH is 3. The number of aromatic hydroxyl groups is 1. The van der Waals surface area contributed by atoms with Gasteiger partial charge in [-0.3, -0.25) is 4.79 Å². The van der Waals surface area contributed by atoms with Gasteiger partial charge in [0.1, 0.15) is 11.3 Å². The van der Waals surface area contributed by atoms with Crippen LogP contribution in [-0.4, -0.2) is 51.7 Å². The largest absolute Gasteiger partial charge is 0.508 e. The number of carbonyl (C=O) groups is 1. The van der Waals surface area contributed by atoms with E-state index in [4.69, 9.17) is 15.3 Å². The molecular formula is C12H17NO5. The van der Waals surface area contributed by atoms with Crippen LogP contribution in [0.25, 0.3) is 0 Å². The van der Waals surface area contributed by atoms with Gasteiger partial charge in [-0.2, -0.15) is 0 Å². The first-order valence-corrected chi connectivity index (χ1v) is 5.47. The van der Waals surface area contributed by atoms with Crippen molar-refractivity contribution < 1.29 is 25.2 Å². The molecule has 0 spiro atoms. The molecule has 0 heterocycles. The maximum absolute atomic E-state index is 11.7. The molecule has 0 aromatic heterocycles. The van der Waals surface area contributed by atoms with Crippen molar-refractivity contribution in [3.05, 3.63) is 29.8 Å². The lowest BCUT2D eigenvalue weighted by Crippen LogP contribution is -2.57. The third-order valence-electron chi connectivity index (χ3n) is 2.59. The summed E-state index contributed by atoms with van der Waals surface area (Å²) in [4.78, 5) is 11.7. The van der Waals surface area contributed by atoms with Crippen molar-refractivity contribution in [1.29, 1.82) is 0 Å². The van der Waals surface area contributed by atoms with Crippen LogP contribution in [0, 0.1) is 0 Å². The number of amides is 1. The molecule has 0 aliphatic rings. The normalized spacial score (nSPS) is 11.3. The second kappa shape index (κ2) is 6.34. The van der Waals surface area contributed by atoms with Crippen molar-refractivity contribution in [3.63, 3.8) is 0 Å². The van der Waals surface area contributed by atoms with Gasteiger partial charge >= 0.3 is 0 Å². The first-order chi connectivity index (χ1) is 8.55.